The normalized spacial score (nSPS) is 9.47. The van der Waals surface area contributed by atoms with Crippen molar-refractivity contribution in [3.63, 3.8) is 0 Å². The predicted octanol–water partition coefficient (Wildman–Crippen LogP) is 1.78. The van der Waals surface area contributed by atoms with Crippen LogP contribution in [0.25, 0.3) is 0 Å². The SMILES string of the molecule is CCOC(=O)c1cc(C#N)c(F)cc1[N+](=O)[O-]. The zero-order chi connectivity index (χ0) is 13.0. The van der Waals surface area contributed by atoms with Gasteiger partial charge in [-0.2, -0.15) is 5.26 Å². The highest BCUT2D eigenvalue weighted by molar-refractivity contribution is 5.94. The van der Waals surface area contributed by atoms with Gasteiger partial charge in [0, 0.05) is 0 Å². The second-order valence-electron chi connectivity index (χ2n) is 2.94. The van der Waals surface area contributed by atoms with E-state index in [0.717, 1.165) is 6.07 Å². The predicted molar refractivity (Wildman–Crippen MR) is 53.7 cm³/mol. The van der Waals surface area contributed by atoms with Crippen LogP contribution in [0, 0.1) is 27.3 Å². The number of nitro benzene ring substituents is 1. The minimum absolute atomic E-state index is 0.0231. The van der Waals surface area contributed by atoms with Crippen LogP contribution >= 0.6 is 0 Å². The van der Waals surface area contributed by atoms with Crippen LogP contribution in [-0.2, 0) is 4.74 Å². The van der Waals surface area contributed by atoms with Crippen molar-refractivity contribution in [3.8, 4) is 6.07 Å². The van der Waals surface area contributed by atoms with E-state index >= 15 is 0 Å². The first-order chi connectivity index (χ1) is 8.01. The number of carbonyl (C=O) groups is 1. The number of ether oxygens (including phenoxy) is 1. The van der Waals surface area contributed by atoms with Crippen molar-refractivity contribution in [2.75, 3.05) is 6.61 Å². The fourth-order valence-corrected chi connectivity index (χ4v) is 1.17. The molecule has 1 aromatic carbocycles. The quantitative estimate of drug-likeness (QED) is 0.454. The summed E-state index contributed by atoms with van der Waals surface area (Å²) in [5.74, 6) is -2.01. The van der Waals surface area contributed by atoms with Crippen molar-refractivity contribution >= 4 is 11.7 Å². The van der Waals surface area contributed by atoms with Gasteiger partial charge < -0.3 is 4.74 Å². The molecule has 0 aliphatic carbocycles. The molecule has 0 aliphatic rings. The highest BCUT2D eigenvalue weighted by Gasteiger charge is 2.24. The van der Waals surface area contributed by atoms with Gasteiger partial charge in [-0.15, -0.1) is 0 Å². The minimum atomic E-state index is -1.05. The molecule has 0 spiro atoms. The van der Waals surface area contributed by atoms with Crippen molar-refractivity contribution in [1.82, 2.24) is 0 Å². The summed E-state index contributed by atoms with van der Waals surface area (Å²) in [5, 5.41) is 19.2. The lowest BCUT2D eigenvalue weighted by molar-refractivity contribution is -0.385. The lowest BCUT2D eigenvalue weighted by Crippen LogP contribution is -2.09. The van der Waals surface area contributed by atoms with Crippen LogP contribution in [0.5, 0.6) is 0 Å². The van der Waals surface area contributed by atoms with Crippen molar-refractivity contribution in [2.45, 2.75) is 6.92 Å². The Morgan fingerprint density at radius 3 is 2.76 bits per heavy atom. The Bertz CT molecular complexity index is 522. The van der Waals surface area contributed by atoms with E-state index in [1.165, 1.54) is 13.0 Å². The Kier molecular flexibility index (Phi) is 3.72. The van der Waals surface area contributed by atoms with E-state index in [1.807, 2.05) is 0 Å². The van der Waals surface area contributed by atoms with Gasteiger partial charge in [-0.1, -0.05) is 0 Å². The third-order valence-electron chi connectivity index (χ3n) is 1.90. The third-order valence-corrected chi connectivity index (χ3v) is 1.90. The van der Waals surface area contributed by atoms with Gasteiger partial charge in [-0.05, 0) is 13.0 Å². The van der Waals surface area contributed by atoms with Crippen molar-refractivity contribution in [3.05, 3.63) is 39.2 Å². The van der Waals surface area contributed by atoms with E-state index in [1.54, 1.807) is 0 Å². The van der Waals surface area contributed by atoms with Crippen LogP contribution < -0.4 is 0 Å². The van der Waals surface area contributed by atoms with E-state index < -0.39 is 33.5 Å². The maximum atomic E-state index is 13.2. The van der Waals surface area contributed by atoms with Crippen LogP contribution in [0.4, 0.5) is 10.1 Å². The van der Waals surface area contributed by atoms with Crippen molar-refractivity contribution < 1.29 is 18.8 Å². The summed E-state index contributed by atoms with van der Waals surface area (Å²) in [5.41, 5.74) is -1.60. The third kappa shape index (κ3) is 2.55. The fourth-order valence-electron chi connectivity index (χ4n) is 1.17. The Morgan fingerprint density at radius 1 is 1.65 bits per heavy atom. The molecule has 0 bridgehead atoms. The summed E-state index contributed by atoms with van der Waals surface area (Å²) < 4.78 is 17.7. The minimum Gasteiger partial charge on any atom is -0.462 e. The number of carbonyl (C=O) groups excluding carboxylic acids is 1. The molecule has 0 atom stereocenters. The summed E-state index contributed by atoms with van der Waals surface area (Å²) >= 11 is 0. The smallest absolute Gasteiger partial charge is 0.345 e. The molecule has 17 heavy (non-hydrogen) atoms. The van der Waals surface area contributed by atoms with Gasteiger partial charge in [0.05, 0.1) is 23.2 Å². The van der Waals surface area contributed by atoms with Crippen LogP contribution in [0.1, 0.15) is 22.8 Å². The molecule has 0 radical (unpaired) electrons. The van der Waals surface area contributed by atoms with E-state index in [4.69, 9.17) is 5.26 Å². The lowest BCUT2D eigenvalue weighted by Gasteiger charge is -2.03. The molecule has 0 amide bonds. The Labute approximate surface area is 95.4 Å². The Morgan fingerprint density at radius 2 is 2.29 bits per heavy atom. The fraction of sp³-hybridized carbons (Fsp3) is 0.200. The summed E-state index contributed by atoms with van der Waals surface area (Å²) in [7, 11) is 0. The average molecular weight is 238 g/mol. The van der Waals surface area contributed by atoms with Gasteiger partial charge in [-0.25, -0.2) is 9.18 Å². The molecular weight excluding hydrogens is 231 g/mol. The van der Waals surface area contributed by atoms with Crippen LogP contribution in [0.3, 0.4) is 0 Å². The number of halogens is 1. The summed E-state index contributed by atoms with van der Waals surface area (Å²) in [6, 6.07) is 2.84. The van der Waals surface area contributed by atoms with Gasteiger partial charge in [0.15, 0.2) is 0 Å². The molecule has 0 heterocycles. The molecule has 88 valence electrons. The van der Waals surface area contributed by atoms with Gasteiger partial charge in [0.1, 0.15) is 17.4 Å². The molecule has 0 aromatic heterocycles. The number of nitrogens with zero attached hydrogens (tertiary/aromatic N) is 2. The average Bonchev–Trinajstić information content (AvgIpc) is 2.28. The molecule has 1 rings (SSSR count). The highest BCUT2D eigenvalue weighted by atomic mass is 19.1. The number of hydrogen-bond acceptors (Lipinski definition) is 5. The first kappa shape index (κ1) is 12.6. The number of benzene rings is 1. The molecular formula is C10H7FN2O4. The van der Waals surface area contributed by atoms with E-state index in [9.17, 15) is 19.3 Å². The molecule has 0 saturated carbocycles. The zero-order valence-electron chi connectivity index (χ0n) is 8.77. The first-order valence-electron chi connectivity index (χ1n) is 4.56. The molecule has 0 fully saturated rings. The molecule has 1 aromatic rings. The van der Waals surface area contributed by atoms with Crippen molar-refractivity contribution in [1.29, 1.82) is 5.26 Å². The maximum Gasteiger partial charge on any atom is 0.345 e. The summed E-state index contributed by atoms with van der Waals surface area (Å²) in [4.78, 5) is 21.1. The van der Waals surface area contributed by atoms with Gasteiger partial charge in [0.25, 0.3) is 5.69 Å². The zero-order valence-corrected chi connectivity index (χ0v) is 8.77. The second kappa shape index (κ2) is 5.03. The summed E-state index contributed by atoms with van der Waals surface area (Å²) in [6.45, 7) is 1.55. The van der Waals surface area contributed by atoms with Crippen LogP contribution in [-0.4, -0.2) is 17.5 Å². The number of nitro groups is 1. The maximum absolute atomic E-state index is 13.2. The Balaban J connectivity index is 3.40. The van der Waals surface area contributed by atoms with Crippen molar-refractivity contribution in [2.24, 2.45) is 0 Å². The van der Waals surface area contributed by atoms with Gasteiger partial charge in [-0.3, -0.25) is 10.1 Å². The number of nitriles is 1. The van der Waals surface area contributed by atoms with Crippen LogP contribution in [0.2, 0.25) is 0 Å². The number of esters is 1. The monoisotopic (exact) mass is 238 g/mol. The topological polar surface area (TPSA) is 93.2 Å². The molecule has 7 heteroatoms. The van der Waals surface area contributed by atoms with Crippen LogP contribution in [0.15, 0.2) is 12.1 Å². The lowest BCUT2D eigenvalue weighted by atomic mass is 10.1. The van der Waals surface area contributed by atoms with E-state index in [2.05, 4.69) is 4.74 Å². The molecule has 0 saturated heterocycles. The van der Waals surface area contributed by atoms with Gasteiger partial charge >= 0.3 is 5.97 Å². The standard InChI is InChI=1S/C10H7FN2O4/c1-2-17-10(14)7-3-6(5-12)8(11)4-9(7)13(15)16/h3-4H,2H2,1H3. The van der Waals surface area contributed by atoms with E-state index in [-0.39, 0.29) is 6.61 Å². The molecule has 0 aliphatic heterocycles. The summed E-state index contributed by atoms with van der Waals surface area (Å²) in [6.07, 6.45) is 0. The first-order valence-corrected chi connectivity index (χ1v) is 4.56. The second-order valence-corrected chi connectivity index (χ2v) is 2.94. The molecule has 0 N–H and O–H groups in total. The largest absolute Gasteiger partial charge is 0.462 e. The molecule has 6 nitrogen and oxygen atoms in total. The Hall–Kier alpha value is -2.49. The molecule has 0 unspecified atom stereocenters. The van der Waals surface area contributed by atoms with Gasteiger partial charge in [0.2, 0.25) is 0 Å². The highest BCUT2D eigenvalue weighted by Crippen LogP contribution is 2.23. The number of hydrogen-bond donors (Lipinski definition) is 0. The van der Waals surface area contributed by atoms with E-state index in [0.29, 0.717) is 6.07 Å². The number of rotatable bonds is 3.